The predicted molar refractivity (Wildman–Crippen MR) is 61.1 cm³/mol. The maximum Gasteiger partial charge on any atom is 0.126 e. The molecule has 1 aromatic heterocycles. The van der Waals surface area contributed by atoms with Gasteiger partial charge in [0.1, 0.15) is 5.75 Å². The number of methoxy groups -OCH3 is 1. The van der Waals surface area contributed by atoms with Crippen LogP contribution in [0.4, 0.5) is 0 Å². The predicted octanol–water partition coefficient (Wildman–Crippen LogP) is 1.59. The van der Waals surface area contributed by atoms with Crippen LogP contribution in [-0.4, -0.2) is 22.0 Å². The van der Waals surface area contributed by atoms with Gasteiger partial charge < -0.3 is 9.84 Å². The van der Waals surface area contributed by atoms with Crippen molar-refractivity contribution in [1.29, 1.82) is 0 Å². The lowest BCUT2D eigenvalue weighted by atomic mass is 10.1. The molecule has 0 aliphatic heterocycles. The van der Waals surface area contributed by atoms with Crippen molar-refractivity contribution in [1.82, 2.24) is 9.78 Å². The highest BCUT2D eigenvalue weighted by Crippen LogP contribution is 2.31. The van der Waals surface area contributed by atoms with Gasteiger partial charge in [0.25, 0.3) is 0 Å². The number of aryl methyl sites for hydroxylation is 1. The number of benzene rings is 1. The molecule has 0 spiro atoms. The lowest BCUT2D eigenvalue weighted by Crippen LogP contribution is -1.99. The summed E-state index contributed by atoms with van der Waals surface area (Å²) in [5.74, 6) is 0.783. The van der Waals surface area contributed by atoms with Crippen molar-refractivity contribution in [2.45, 2.75) is 6.61 Å². The van der Waals surface area contributed by atoms with Crippen LogP contribution in [-0.2, 0) is 13.7 Å². The number of hydrogen-bond donors (Lipinski definition) is 1. The van der Waals surface area contributed by atoms with Crippen LogP contribution in [0, 0.1) is 0 Å². The fourth-order valence-electron chi connectivity index (χ4n) is 1.74. The second-order valence-electron chi connectivity index (χ2n) is 3.49. The first-order valence-corrected chi connectivity index (χ1v) is 5.03. The van der Waals surface area contributed by atoms with E-state index in [0.717, 1.165) is 22.6 Å². The Balaban J connectivity index is 2.58. The number of aliphatic hydroxyl groups excluding tert-OH is 1. The number of aliphatic hydroxyl groups is 1. The fourth-order valence-corrected chi connectivity index (χ4v) is 1.74. The largest absolute Gasteiger partial charge is 0.496 e. The summed E-state index contributed by atoms with van der Waals surface area (Å²) in [6.07, 6.45) is 1.74. The molecule has 1 aromatic carbocycles. The molecule has 16 heavy (non-hydrogen) atoms. The molecule has 0 saturated carbocycles. The van der Waals surface area contributed by atoms with Crippen LogP contribution in [0.15, 0.2) is 30.5 Å². The minimum Gasteiger partial charge on any atom is -0.496 e. The van der Waals surface area contributed by atoms with Gasteiger partial charge in [0, 0.05) is 18.2 Å². The van der Waals surface area contributed by atoms with Gasteiger partial charge in [-0.15, -0.1) is 0 Å². The fraction of sp³-hybridized carbons (Fsp3) is 0.250. The third kappa shape index (κ3) is 1.67. The number of ether oxygens (including phenoxy) is 1. The van der Waals surface area contributed by atoms with E-state index in [1.54, 1.807) is 18.0 Å². The van der Waals surface area contributed by atoms with Crippen molar-refractivity contribution in [3.8, 4) is 16.9 Å². The van der Waals surface area contributed by atoms with Gasteiger partial charge in [-0.2, -0.15) is 5.10 Å². The first kappa shape index (κ1) is 10.7. The molecule has 4 nitrogen and oxygen atoms in total. The summed E-state index contributed by atoms with van der Waals surface area (Å²) in [7, 11) is 3.44. The molecule has 0 bridgehead atoms. The molecule has 0 saturated heterocycles. The minimum atomic E-state index is -0.0378. The first-order valence-electron chi connectivity index (χ1n) is 5.03. The Bertz CT molecular complexity index is 492. The lowest BCUT2D eigenvalue weighted by Gasteiger charge is -2.08. The summed E-state index contributed by atoms with van der Waals surface area (Å²) in [5, 5.41) is 13.5. The highest BCUT2D eigenvalue weighted by molar-refractivity contribution is 5.71. The topological polar surface area (TPSA) is 47.3 Å². The molecular weight excluding hydrogens is 204 g/mol. The lowest BCUT2D eigenvalue weighted by molar-refractivity contribution is 0.271. The van der Waals surface area contributed by atoms with Crippen LogP contribution < -0.4 is 4.74 Å². The molecular formula is C12H14N2O2. The van der Waals surface area contributed by atoms with E-state index in [-0.39, 0.29) is 6.61 Å². The van der Waals surface area contributed by atoms with Crippen LogP contribution in [0.5, 0.6) is 5.75 Å². The van der Waals surface area contributed by atoms with Crippen molar-refractivity contribution < 1.29 is 9.84 Å². The summed E-state index contributed by atoms with van der Waals surface area (Å²) in [4.78, 5) is 0. The minimum absolute atomic E-state index is 0.0378. The van der Waals surface area contributed by atoms with E-state index in [4.69, 9.17) is 4.74 Å². The van der Waals surface area contributed by atoms with Gasteiger partial charge in [-0.05, 0) is 6.07 Å². The van der Waals surface area contributed by atoms with E-state index in [1.807, 2.05) is 31.3 Å². The average molecular weight is 218 g/mol. The van der Waals surface area contributed by atoms with Gasteiger partial charge in [-0.3, -0.25) is 4.68 Å². The normalized spacial score (nSPS) is 10.4. The third-order valence-corrected chi connectivity index (χ3v) is 2.61. The second kappa shape index (κ2) is 4.37. The monoisotopic (exact) mass is 218 g/mol. The number of aromatic nitrogens is 2. The Labute approximate surface area is 94.1 Å². The molecule has 0 unspecified atom stereocenters. The van der Waals surface area contributed by atoms with E-state index >= 15 is 0 Å². The van der Waals surface area contributed by atoms with Crippen molar-refractivity contribution in [2.75, 3.05) is 7.11 Å². The molecule has 0 radical (unpaired) electrons. The van der Waals surface area contributed by atoms with Gasteiger partial charge in [0.05, 0.1) is 25.6 Å². The van der Waals surface area contributed by atoms with E-state index in [2.05, 4.69) is 5.10 Å². The van der Waals surface area contributed by atoms with E-state index < -0.39 is 0 Å². The number of para-hydroxylation sites is 1. The molecule has 84 valence electrons. The first-order chi connectivity index (χ1) is 7.77. The maximum absolute atomic E-state index is 9.31. The van der Waals surface area contributed by atoms with Crippen LogP contribution in [0.2, 0.25) is 0 Å². The SMILES string of the molecule is COc1ccccc1-c1cnn(C)c1CO. The summed E-state index contributed by atoms with van der Waals surface area (Å²) >= 11 is 0. The summed E-state index contributed by atoms with van der Waals surface area (Å²) in [6, 6.07) is 7.70. The van der Waals surface area contributed by atoms with Gasteiger partial charge in [0.2, 0.25) is 0 Å². The second-order valence-corrected chi connectivity index (χ2v) is 3.49. The number of nitrogens with zero attached hydrogens (tertiary/aromatic N) is 2. The van der Waals surface area contributed by atoms with Crippen molar-refractivity contribution >= 4 is 0 Å². The standard InChI is InChI=1S/C12H14N2O2/c1-14-11(8-15)10(7-13-14)9-5-3-4-6-12(9)16-2/h3-7,15H,8H2,1-2H3. The zero-order valence-electron chi connectivity index (χ0n) is 9.34. The Hall–Kier alpha value is -1.81. The van der Waals surface area contributed by atoms with Gasteiger partial charge in [-0.25, -0.2) is 0 Å². The Morgan fingerprint density at radius 3 is 2.75 bits per heavy atom. The molecule has 0 amide bonds. The molecule has 2 aromatic rings. The molecule has 0 atom stereocenters. The quantitative estimate of drug-likeness (QED) is 0.851. The molecule has 0 aliphatic carbocycles. The van der Waals surface area contributed by atoms with E-state index in [1.165, 1.54) is 0 Å². The van der Waals surface area contributed by atoms with Crippen LogP contribution in [0.25, 0.3) is 11.1 Å². The Morgan fingerprint density at radius 2 is 2.06 bits per heavy atom. The van der Waals surface area contributed by atoms with Crippen molar-refractivity contribution in [3.05, 3.63) is 36.2 Å². The molecule has 1 N–H and O–H groups in total. The van der Waals surface area contributed by atoms with Gasteiger partial charge >= 0.3 is 0 Å². The molecule has 1 heterocycles. The summed E-state index contributed by atoms with van der Waals surface area (Å²) < 4.78 is 6.96. The smallest absolute Gasteiger partial charge is 0.126 e. The van der Waals surface area contributed by atoms with Crippen LogP contribution in [0.3, 0.4) is 0 Å². The molecule has 2 rings (SSSR count). The number of hydrogen-bond acceptors (Lipinski definition) is 3. The zero-order chi connectivity index (χ0) is 11.5. The van der Waals surface area contributed by atoms with Gasteiger partial charge in [-0.1, -0.05) is 18.2 Å². The van der Waals surface area contributed by atoms with Crippen molar-refractivity contribution in [3.63, 3.8) is 0 Å². The third-order valence-electron chi connectivity index (χ3n) is 2.61. The highest BCUT2D eigenvalue weighted by atomic mass is 16.5. The Kier molecular flexibility index (Phi) is 2.92. The maximum atomic E-state index is 9.31. The van der Waals surface area contributed by atoms with E-state index in [0.29, 0.717) is 0 Å². The summed E-state index contributed by atoms with van der Waals surface area (Å²) in [5.41, 5.74) is 2.63. The van der Waals surface area contributed by atoms with Gasteiger partial charge in [0.15, 0.2) is 0 Å². The molecule has 4 heteroatoms. The van der Waals surface area contributed by atoms with Crippen molar-refractivity contribution in [2.24, 2.45) is 7.05 Å². The Morgan fingerprint density at radius 1 is 1.31 bits per heavy atom. The van der Waals surface area contributed by atoms with Crippen LogP contribution >= 0.6 is 0 Å². The summed E-state index contributed by atoms with van der Waals surface area (Å²) in [6.45, 7) is -0.0378. The highest BCUT2D eigenvalue weighted by Gasteiger charge is 2.12. The zero-order valence-corrected chi connectivity index (χ0v) is 9.34. The molecule has 0 aliphatic rings. The molecule has 0 fully saturated rings. The van der Waals surface area contributed by atoms with Crippen LogP contribution in [0.1, 0.15) is 5.69 Å². The number of rotatable bonds is 3. The average Bonchev–Trinajstić information content (AvgIpc) is 2.70. The van der Waals surface area contributed by atoms with E-state index in [9.17, 15) is 5.11 Å².